The lowest BCUT2D eigenvalue weighted by atomic mass is 9.80. The minimum absolute atomic E-state index is 0.00978. The molecule has 0 spiro atoms. The summed E-state index contributed by atoms with van der Waals surface area (Å²) in [7, 11) is 0. The molecule has 6 N–H and O–H groups in total. The van der Waals surface area contributed by atoms with E-state index in [1.807, 2.05) is 0 Å². The molecule has 45 heavy (non-hydrogen) atoms. The van der Waals surface area contributed by atoms with E-state index < -0.39 is 65.4 Å². The van der Waals surface area contributed by atoms with Gasteiger partial charge in [-0.25, -0.2) is 0 Å². The topological polar surface area (TPSA) is 229 Å². The average molecular weight is 634 g/mol. The molecular weight excluding hydrogens is 594 g/mol. The zero-order chi connectivity index (χ0) is 33.5. The molecule has 0 saturated heterocycles. The van der Waals surface area contributed by atoms with Crippen molar-refractivity contribution < 1.29 is 58.7 Å². The highest BCUT2D eigenvalue weighted by molar-refractivity contribution is 6.12. The van der Waals surface area contributed by atoms with Crippen molar-refractivity contribution in [3.8, 4) is 5.75 Å². The molecular formula is C30H39N3O12. The maximum atomic E-state index is 12.8. The van der Waals surface area contributed by atoms with Crippen LogP contribution in [0.4, 0.5) is 5.69 Å². The standard InChI is InChI=1S/C30H39N3O12/c1-30(2,3)29(43)44-15-16-6-7-19(45-20-14-17(28(41)42)25(38)27(40)26(20)39)18(13-16)32-22(35)10-11-31-21(34)5-4-12-33-23(36)8-9-24(33)37/h6-9,13,17,20,25-27,38-40H,4-5,10-12,14-15H2,1-3H3,(H,31,34)(H,32,35)(H,41,42)/t17-,20+,25+,26-,27-/m0/s1. The van der Waals surface area contributed by atoms with Gasteiger partial charge in [-0.2, -0.15) is 0 Å². The van der Waals surface area contributed by atoms with E-state index in [0.717, 1.165) is 17.1 Å². The SMILES string of the molecule is CC(C)(C)C(=O)OCc1ccc(O[C@@H]2C[C@H](C(=O)O)[C@@H](O)[C@H](O)[C@H]2O)c(NC(=O)CCNC(=O)CCCN2C(=O)C=CC2=O)c1. The first-order valence-electron chi connectivity index (χ1n) is 14.4. The number of aliphatic hydroxyl groups excluding tert-OH is 3. The van der Waals surface area contributed by atoms with E-state index in [0.29, 0.717) is 5.56 Å². The van der Waals surface area contributed by atoms with Crippen LogP contribution in [0.2, 0.25) is 0 Å². The molecule has 15 heteroatoms. The number of carbonyl (C=O) groups excluding carboxylic acids is 5. The fourth-order valence-corrected chi connectivity index (χ4v) is 4.62. The Bertz CT molecular complexity index is 1320. The highest BCUT2D eigenvalue weighted by Gasteiger charge is 2.47. The number of hydrogen-bond donors (Lipinski definition) is 6. The Kier molecular flexibility index (Phi) is 11.8. The Labute approximate surface area is 259 Å². The van der Waals surface area contributed by atoms with Gasteiger partial charge in [0.05, 0.1) is 23.1 Å². The third kappa shape index (κ3) is 9.57. The fraction of sp³-hybridized carbons (Fsp3) is 0.533. The number of aliphatic hydroxyl groups is 3. The maximum absolute atomic E-state index is 12.8. The summed E-state index contributed by atoms with van der Waals surface area (Å²) >= 11 is 0. The van der Waals surface area contributed by atoms with Crippen molar-refractivity contribution in [1.29, 1.82) is 0 Å². The number of rotatable bonds is 13. The summed E-state index contributed by atoms with van der Waals surface area (Å²) in [6, 6.07) is 4.42. The van der Waals surface area contributed by atoms with Gasteiger partial charge >= 0.3 is 11.9 Å². The molecule has 4 amide bonds. The summed E-state index contributed by atoms with van der Waals surface area (Å²) in [5, 5.41) is 45.4. The lowest BCUT2D eigenvalue weighted by Crippen LogP contribution is -2.57. The monoisotopic (exact) mass is 633 g/mol. The van der Waals surface area contributed by atoms with Gasteiger partial charge in [0.2, 0.25) is 11.8 Å². The number of hydrogen-bond acceptors (Lipinski definition) is 11. The molecule has 1 heterocycles. The molecule has 0 bridgehead atoms. The Balaban J connectivity index is 1.64. The average Bonchev–Trinajstić information content (AvgIpc) is 3.28. The largest absolute Gasteiger partial charge is 0.485 e. The number of nitrogens with zero attached hydrogens (tertiary/aromatic N) is 1. The van der Waals surface area contributed by atoms with Crippen LogP contribution in [0.1, 0.15) is 52.0 Å². The van der Waals surface area contributed by atoms with Gasteiger partial charge in [0.25, 0.3) is 11.8 Å². The summed E-state index contributed by atoms with van der Waals surface area (Å²) in [5.74, 6) is -5.07. The van der Waals surface area contributed by atoms with E-state index in [1.54, 1.807) is 20.8 Å². The normalized spacial score (nSPS) is 23.1. The fourth-order valence-electron chi connectivity index (χ4n) is 4.62. The Morgan fingerprint density at radius 3 is 2.24 bits per heavy atom. The Hall–Kier alpha value is -4.34. The van der Waals surface area contributed by atoms with Crippen molar-refractivity contribution in [3.63, 3.8) is 0 Å². The first-order valence-corrected chi connectivity index (χ1v) is 14.4. The maximum Gasteiger partial charge on any atom is 0.311 e. The van der Waals surface area contributed by atoms with Gasteiger partial charge in [0, 0.05) is 44.5 Å². The number of ether oxygens (including phenoxy) is 2. The first-order chi connectivity index (χ1) is 21.1. The molecule has 5 atom stereocenters. The number of aliphatic carboxylic acids is 1. The van der Waals surface area contributed by atoms with Gasteiger partial charge in [-0.15, -0.1) is 0 Å². The molecule has 246 valence electrons. The van der Waals surface area contributed by atoms with Gasteiger partial charge in [0.15, 0.2) is 0 Å². The van der Waals surface area contributed by atoms with Crippen LogP contribution in [-0.2, 0) is 40.1 Å². The molecule has 0 radical (unpaired) electrons. The number of anilines is 1. The van der Waals surface area contributed by atoms with Gasteiger partial charge in [-0.1, -0.05) is 6.07 Å². The third-order valence-corrected chi connectivity index (χ3v) is 7.24. The first kappa shape index (κ1) is 35.1. The smallest absolute Gasteiger partial charge is 0.311 e. The van der Waals surface area contributed by atoms with Crippen molar-refractivity contribution in [2.75, 3.05) is 18.4 Å². The molecule has 1 aliphatic heterocycles. The molecule has 3 rings (SSSR count). The molecule has 1 aromatic carbocycles. The van der Waals surface area contributed by atoms with Gasteiger partial charge in [-0.3, -0.25) is 33.7 Å². The Morgan fingerprint density at radius 1 is 0.956 bits per heavy atom. The predicted molar refractivity (Wildman–Crippen MR) is 155 cm³/mol. The number of benzene rings is 1. The number of nitrogens with one attached hydrogen (secondary N) is 2. The number of carboxylic acid groups (broad SMARTS) is 1. The van der Waals surface area contributed by atoms with Crippen molar-refractivity contribution in [1.82, 2.24) is 10.2 Å². The van der Waals surface area contributed by atoms with Gasteiger partial charge < -0.3 is 40.5 Å². The van der Waals surface area contributed by atoms with Crippen molar-refractivity contribution in [2.45, 2.75) is 77.5 Å². The lowest BCUT2D eigenvalue weighted by molar-refractivity contribution is -0.174. The third-order valence-electron chi connectivity index (χ3n) is 7.24. The quantitative estimate of drug-likeness (QED) is 0.123. The van der Waals surface area contributed by atoms with Gasteiger partial charge in [0.1, 0.15) is 30.7 Å². The highest BCUT2D eigenvalue weighted by Crippen LogP contribution is 2.33. The van der Waals surface area contributed by atoms with Crippen LogP contribution in [-0.4, -0.2) is 98.4 Å². The van der Waals surface area contributed by atoms with Crippen LogP contribution < -0.4 is 15.4 Å². The zero-order valence-electron chi connectivity index (χ0n) is 25.2. The van der Waals surface area contributed by atoms with E-state index in [9.17, 15) is 49.2 Å². The molecule has 1 fully saturated rings. The summed E-state index contributed by atoms with van der Waals surface area (Å²) < 4.78 is 11.2. The van der Waals surface area contributed by atoms with E-state index in [2.05, 4.69) is 10.6 Å². The molecule has 2 aliphatic rings. The molecule has 0 unspecified atom stereocenters. The molecule has 1 aromatic rings. The minimum atomic E-state index is -1.80. The molecule has 0 aromatic heterocycles. The van der Waals surface area contributed by atoms with Crippen LogP contribution in [0, 0.1) is 11.3 Å². The molecule has 1 aliphatic carbocycles. The lowest BCUT2D eigenvalue weighted by Gasteiger charge is -2.38. The second-order valence-electron chi connectivity index (χ2n) is 11.9. The van der Waals surface area contributed by atoms with E-state index in [4.69, 9.17) is 9.47 Å². The zero-order valence-corrected chi connectivity index (χ0v) is 25.2. The Morgan fingerprint density at radius 2 is 1.62 bits per heavy atom. The van der Waals surface area contributed by atoms with E-state index in [-0.39, 0.29) is 62.7 Å². The van der Waals surface area contributed by atoms with Gasteiger partial charge in [-0.05, 0) is 44.9 Å². The molecule has 1 saturated carbocycles. The number of carbonyl (C=O) groups is 6. The minimum Gasteiger partial charge on any atom is -0.485 e. The van der Waals surface area contributed by atoms with Crippen molar-refractivity contribution in [2.24, 2.45) is 11.3 Å². The van der Waals surface area contributed by atoms with Crippen molar-refractivity contribution >= 4 is 41.3 Å². The highest BCUT2D eigenvalue weighted by atomic mass is 16.5. The van der Waals surface area contributed by atoms with Crippen LogP contribution in [0.15, 0.2) is 30.4 Å². The predicted octanol–water partition coefficient (Wildman–Crippen LogP) is -0.139. The van der Waals surface area contributed by atoms with E-state index >= 15 is 0 Å². The van der Waals surface area contributed by atoms with Crippen LogP contribution in [0.25, 0.3) is 0 Å². The summed E-state index contributed by atoms with van der Waals surface area (Å²) in [4.78, 5) is 73.0. The second kappa shape index (κ2) is 15.1. The van der Waals surface area contributed by atoms with Crippen molar-refractivity contribution in [3.05, 3.63) is 35.9 Å². The number of carboxylic acids is 1. The number of esters is 1. The number of imide groups is 1. The number of amides is 4. The van der Waals surface area contributed by atoms with Crippen LogP contribution in [0.5, 0.6) is 5.75 Å². The summed E-state index contributed by atoms with van der Waals surface area (Å²) in [6.07, 6.45) is -4.34. The summed E-state index contributed by atoms with van der Waals surface area (Å²) in [5.41, 5.74) is -0.200. The molecule has 15 nitrogen and oxygen atoms in total. The van der Waals surface area contributed by atoms with Crippen LogP contribution >= 0.6 is 0 Å². The second-order valence-corrected chi connectivity index (χ2v) is 11.9. The van der Waals surface area contributed by atoms with Crippen LogP contribution in [0.3, 0.4) is 0 Å². The van der Waals surface area contributed by atoms with E-state index in [1.165, 1.54) is 18.2 Å². The summed E-state index contributed by atoms with van der Waals surface area (Å²) in [6.45, 7) is 4.97.